The lowest BCUT2D eigenvalue weighted by molar-refractivity contribution is -0.145. The van der Waals surface area contributed by atoms with Gasteiger partial charge in [0.05, 0.1) is 18.5 Å². The highest BCUT2D eigenvalue weighted by molar-refractivity contribution is 5.94. The largest absolute Gasteiger partial charge is 0.508 e. The van der Waals surface area contributed by atoms with E-state index in [2.05, 4.69) is 25.9 Å². The minimum atomic E-state index is -1.60. The zero-order valence-electron chi connectivity index (χ0n) is 19.3. The number of H-pyrrole nitrogens is 1. The average Bonchev–Trinajstić information content (AvgIpc) is 3.30. The molecule has 2 rings (SSSR count). The maximum Gasteiger partial charge on any atom is 0.328 e. The van der Waals surface area contributed by atoms with E-state index in [1.165, 1.54) is 38.5 Å². The van der Waals surface area contributed by atoms with E-state index in [1.54, 1.807) is 12.1 Å². The Morgan fingerprint density at radius 1 is 0.971 bits per heavy atom. The van der Waals surface area contributed by atoms with Gasteiger partial charge in [-0.15, -0.1) is 0 Å². The number of hydrogen-bond donors (Lipinski definition) is 8. The number of aliphatic hydroxyl groups excluding tert-OH is 1. The second-order valence-corrected chi connectivity index (χ2v) is 8.13. The van der Waals surface area contributed by atoms with E-state index in [9.17, 15) is 34.5 Å². The van der Waals surface area contributed by atoms with Crippen LogP contribution in [0.3, 0.4) is 0 Å². The van der Waals surface area contributed by atoms with Gasteiger partial charge in [0, 0.05) is 24.7 Å². The van der Waals surface area contributed by atoms with E-state index < -0.39 is 54.0 Å². The fourth-order valence-electron chi connectivity index (χ4n) is 3.12. The Labute approximate surface area is 201 Å². The lowest BCUT2D eigenvalue weighted by Crippen LogP contribution is -2.59. The molecule has 5 atom stereocenters. The summed E-state index contributed by atoms with van der Waals surface area (Å²) in [5, 5.41) is 35.8. The van der Waals surface area contributed by atoms with Gasteiger partial charge in [-0.1, -0.05) is 12.1 Å². The van der Waals surface area contributed by atoms with Crippen LogP contribution >= 0.6 is 0 Å². The van der Waals surface area contributed by atoms with E-state index in [4.69, 9.17) is 5.73 Å². The number of nitrogens with zero attached hydrogens (tertiary/aromatic N) is 1. The molecule has 0 spiro atoms. The minimum absolute atomic E-state index is 0.0222. The molecule has 1 aromatic heterocycles. The number of nitrogens with one attached hydrogen (secondary N) is 4. The molecule has 9 N–H and O–H groups in total. The van der Waals surface area contributed by atoms with Crippen molar-refractivity contribution in [3.8, 4) is 5.75 Å². The molecule has 190 valence electrons. The van der Waals surface area contributed by atoms with Gasteiger partial charge in [-0.25, -0.2) is 9.78 Å². The van der Waals surface area contributed by atoms with Crippen LogP contribution < -0.4 is 21.7 Å². The number of phenols is 1. The summed E-state index contributed by atoms with van der Waals surface area (Å²) in [4.78, 5) is 56.4. The van der Waals surface area contributed by atoms with Crippen molar-refractivity contribution in [3.63, 3.8) is 0 Å². The SMILES string of the molecule is CC(N)C(=O)NC(Cc1ccc(O)cc1)C(=O)NC(Cc1cnc[nH]1)C(=O)NC(C(=O)O)C(C)O. The first-order chi connectivity index (χ1) is 16.5. The highest BCUT2D eigenvalue weighted by Crippen LogP contribution is 2.12. The van der Waals surface area contributed by atoms with Crippen LogP contribution in [0.5, 0.6) is 5.75 Å². The van der Waals surface area contributed by atoms with E-state index in [0.717, 1.165) is 0 Å². The molecule has 13 nitrogen and oxygen atoms in total. The van der Waals surface area contributed by atoms with Crippen molar-refractivity contribution >= 4 is 23.7 Å². The Hall–Kier alpha value is -3.97. The molecule has 0 aliphatic carbocycles. The zero-order valence-corrected chi connectivity index (χ0v) is 19.3. The second kappa shape index (κ2) is 12.5. The van der Waals surface area contributed by atoms with Crippen molar-refractivity contribution in [1.29, 1.82) is 0 Å². The van der Waals surface area contributed by atoms with Gasteiger partial charge >= 0.3 is 5.97 Å². The third-order valence-corrected chi connectivity index (χ3v) is 5.08. The fraction of sp³-hybridized carbons (Fsp3) is 0.409. The lowest BCUT2D eigenvalue weighted by Gasteiger charge is -2.25. The number of carbonyl (C=O) groups excluding carboxylic acids is 3. The minimum Gasteiger partial charge on any atom is -0.508 e. The first-order valence-corrected chi connectivity index (χ1v) is 10.8. The summed E-state index contributed by atoms with van der Waals surface area (Å²) in [6.45, 7) is 2.65. The summed E-state index contributed by atoms with van der Waals surface area (Å²) in [6.07, 6.45) is 1.36. The van der Waals surface area contributed by atoms with Gasteiger partial charge in [0.2, 0.25) is 17.7 Å². The lowest BCUT2D eigenvalue weighted by atomic mass is 10.0. The number of phenolic OH excluding ortho intramolecular Hbond substituents is 1. The first kappa shape index (κ1) is 27.3. The topological polar surface area (TPSA) is 220 Å². The molecular weight excluding hydrogens is 460 g/mol. The number of aliphatic carboxylic acids is 1. The molecule has 3 amide bonds. The van der Waals surface area contributed by atoms with Gasteiger partial charge in [-0.05, 0) is 31.5 Å². The number of aromatic nitrogens is 2. The highest BCUT2D eigenvalue weighted by Gasteiger charge is 2.32. The number of nitrogens with two attached hydrogens (primary N) is 1. The number of hydrogen-bond acceptors (Lipinski definition) is 8. The second-order valence-electron chi connectivity index (χ2n) is 8.13. The maximum absolute atomic E-state index is 13.2. The summed E-state index contributed by atoms with van der Waals surface area (Å²) in [5.74, 6) is -3.61. The predicted octanol–water partition coefficient (Wildman–Crippen LogP) is -1.83. The predicted molar refractivity (Wildman–Crippen MR) is 123 cm³/mol. The highest BCUT2D eigenvalue weighted by atomic mass is 16.4. The number of carbonyl (C=O) groups is 4. The number of aromatic hydroxyl groups is 1. The van der Waals surface area contributed by atoms with Crippen molar-refractivity contribution in [1.82, 2.24) is 25.9 Å². The van der Waals surface area contributed by atoms with Crippen molar-refractivity contribution < 1.29 is 34.5 Å². The van der Waals surface area contributed by atoms with Gasteiger partial charge in [0.25, 0.3) is 0 Å². The first-order valence-electron chi connectivity index (χ1n) is 10.8. The zero-order chi connectivity index (χ0) is 26.1. The summed E-state index contributed by atoms with van der Waals surface area (Å²) in [5.41, 5.74) is 6.71. The Kier molecular flexibility index (Phi) is 9.73. The Balaban J connectivity index is 2.26. The van der Waals surface area contributed by atoms with Crippen LogP contribution in [-0.2, 0) is 32.0 Å². The normalized spacial score (nSPS) is 15.2. The molecule has 1 aromatic carbocycles. The monoisotopic (exact) mass is 490 g/mol. The Morgan fingerprint density at radius 2 is 1.54 bits per heavy atom. The molecule has 0 saturated heterocycles. The van der Waals surface area contributed by atoms with Crippen LogP contribution in [-0.4, -0.2) is 79.2 Å². The number of carboxylic acids is 1. The summed E-state index contributed by atoms with van der Waals surface area (Å²) in [6, 6.07) is 1.08. The summed E-state index contributed by atoms with van der Waals surface area (Å²) >= 11 is 0. The third-order valence-electron chi connectivity index (χ3n) is 5.08. The van der Waals surface area contributed by atoms with Gasteiger partial charge in [0.15, 0.2) is 6.04 Å². The third kappa shape index (κ3) is 8.39. The average molecular weight is 491 g/mol. The van der Waals surface area contributed by atoms with Crippen LogP contribution in [0.4, 0.5) is 0 Å². The van der Waals surface area contributed by atoms with Crippen LogP contribution in [0.1, 0.15) is 25.1 Å². The van der Waals surface area contributed by atoms with Crippen LogP contribution in [0.25, 0.3) is 0 Å². The Bertz CT molecular complexity index is 1010. The number of amides is 3. The maximum atomic E-state index is 13.2. The molecule has 1 heterocycles. The van der Waals surface area contributed by atoms with Crippen molar-refractivity contribution in [2.24, 2.45) is 5.73 Å². The van der Waals surface area contributed by atoms with Crippen molar-refractivity contribution in [3.05, 3.63) is 48.0 Å². The van der Waals surface area contributed by atoms with E-state index in [1.807, 2.05) is 0 Å². The fourth-order valence-corrected chi connectivity index (χ4v) is 3.12. The van der Waals surface area contributed by atoms with Gasteiger partial charge < -0.3 is 42.0 Å². The number of benzene rings is 1. The standard InChI is InChI=1S/C22H30N6O7/c1-11(23)19(31)26-16(7-13-3-5-15(30)6-4-13)20(32)27-17(8-14-9-24-10-25-14)21(33)28-18(12(2)29)22(34)35/h3-6,9-12,16-18,29-30H,7-8,23H2,1-2H3,(H,24,25)(H,26,31)(H,27,32)(H,28,33)(H,34,35). The van der Waals surface area contributed by atoms with E-state index in [0.29, 0.717) is 11.3 Å². The molecule has 0 saturated carbocycles. The van der Waals surface area contributed by atoms with Gasteiger partial charge in [-0.3, -0.25) is 14.4 Å². The van der Waals surface area contributed by atoms with Crippen molar-refractivity contribution in [2.75, 3.05) is 0 Å². The van der Waals surface area contributed by atoms with Gasteiger partial charge in [0.1, 0.15) is 17.8 Å². The molecular formula is C22H30N6O7. The molecule has 0 radical (unpaired) electrons. The number of aliphatic hydroxyl groups is 1. The van der Waals surface area contributed by atoms with Crippen LogP contribution in [0.2, 0.25) is 0 Å². The van der Waals surface area contributed by atoms with Crippen molar-refractivity contribution in [2.45, 2.75) is 57.0 Å². The van der Waals surface area contributed by atoms with Crippen LogP contribution in [0.15, 0.2) is 36.8 Å². The molecule has 5 unspecified atom stereocenters. The summed E-state index contributed by atoms with van der Waals surface area (Å²) in [7, 11) is 0. The quantitative estimate of drug-likeness (QED) is 0.167. The molecule has 35 heavy (non-hydrogen) atoms. The van der Waals surface area contributed by atoms with E-state index in [-0.39, 0.29) is 18.6 Å². The van der Waals surface area contributed by atoms with E-state index >= 15 is 0 Å². The smallest absolute Gasteiger partial charge is 0.328 e. The van der Waals surface area contributed by atoms with Gasteiger partial charge in [-0.2, -0.15) is 0 Å². The summed E-state index contributed by atoms with van der Waals surface area (Å²) < 4.78 is 0. The molecule has 0 aliphatic rings. The molecule has 13 heteroatoms. The number of rotatable bonds is 12. The number of imidazole rings is 1. The molecule has 0 fully saturated rings. The van der Waals surface area contributed by atoms with Crippen LogP contribution in [0, 0.1) is 0 Å². The molecule has 0 aliphatic heterocycles. The molecule has 2 aromatic rings. The number of aromatic amines is 1. The number of carboxylic acid groups (broad SMARTS) is 1. The Morgan fingerprint density at radius 3 is 2.06 bits per heavy atom. The molecule has 0 bridgehead atoms.